The average Bonchev–Trinajstić information content (AvgIpc) is 3.07. The van der Waals surface area contributed by atoms with Crippen molar-refractivity contribution in [3.63, 3.8) is 0 Å². The summed E-state index contributed by atoms with van der Waals surface area (Å²) in [7, 11) is 0. The average molecular weight is 536 g/mol. The highest BCUT2D eigenvalue weighted by molar-refractivity contribution is 6.34. The molecule has 198 valence electrons. The second kappa shape index (κ2) is 9.26. The molecule has 0 saturated heterocycles. The van der Waals surface area contributed by atoms with E-state index >= 15 is 0 Å². The van der Waals surface area contributed by atoms with Crippen LogP contribution in [-0.2, 0) is 12.8 Å². The first-order valence-corrected chi connectivity index (χ1v) is 15.1. The molecule has 9 rings (SSSR count). The number of benzene rings is 7. The minimum atomic E-state index is 0.966. The Morgan fingerprint density at radius 1 is 0.476 bits per heavy atom. The monoisotopic (exact) mass is 535 g/mol. The summed E-state index contributed by atoms with van der Waals surface area (Å²) in [5.74, 6) is 0. The summed E-state index contributed by atoms with van der Waals surface area (Å²) in [6.45, 7) is 0. The minimum Gasteiger partial charge on any atom is -0.253 e. The zero-order valence-electron chi connectivity index (χ0n) is 23.4. The van der Waals surface area contributed by atoms with E-state index in [1.807, 2.05) is 0 Å². The molecular weight excluding hydrogens is 506 g/mol. The van der Waals surface area contributed by atoms with Crippen molar-refractivity contribution in [3.05, 3.63) is 144 Å². The third-order valence-electron chi connectivity index (χ3n) is 9.40. The number of rotatable bonds is 2. The molecule has 1 heterocycles. The lowest BCUT2D eigenvalue weighted by Crippen LogP contribution is -2.07. The third-order valence-corrected chi connectivity index (χ3v) is 9.40. The summed E-state index contributed by atoms with van der Waals surface area (Å²) in [4.78, 5) is 5.15. The molecule has 1 aliphatic heterocycles. The van der Waals surface area contributed by atoms with Gasteiger partial charge in [-0.1, -0.05) is 109 Å². The maximum Gasteiger partial charge on any atom is 0.0665 e. The highest BCUT2D eigenvalue weighted by Gasteiger charge is 2.21. The molecule has 0 aromatic heterocycles. The zero-order valence-corrected chi connectivity index (χ0v) is 23.4. The second-order valence-electron chi connectivity index (χ2n) is 11.7. The lowest BCUT2D eigenvalue weighted by molar-refractivity contribution is 1.00. The highest BCUT2D eigenvalue weighted by Crippen LogP contribution is 2.45. The van der Waals surface area contributed by atoms with Crippen molar-refractivity contribution in [2.24, 2.45) is 4.99 Å². The number of hydrogen-bond acceptors (Lipinski definition) is 1. The van der Waals surface area contributed by atoms with Crippen molar-refractivity contribution in [1.82, 2.24) is 0 Å². The molecule has 0 bridgehead atoms. The number of hydrogen-bond donors (Lipinski definition) is 0. The molecule has 0 amide bonds. The number of nitrogens with zero attached hydrogens (tertiary/aromatic N) is 1. The van der Waals surface area contributed by atoms with Gasteiger partial charge in [0.15, 0.2) is 0 Å². The van der Waals surface area contributed by atoms with Gasteiger partial charge in [-0.3, -0.25) is 4.99 Å². The van der Waals surface area contributed by atoms with E-state index in [1.165, 1.54) is 82.2 Å². The predicted octanol–water partition coefficient (Wildman–Crippen LogP) is 11.0. The molecule has 7 aromatic rings. The molecular formula is C41H29N. The van der Waals surface area contributed by atoms with Crippen molar-refractivity contribution in [2.75, 3.05) is 0 Å². The normalized spacial score (nSPS) is 14.3. The van der Waals surface area contributed by atoms with Gasteiger partial charge in [0, 0.05) is 5.71 Å². The molecule has 42 heavy (non-hydrogen) atoms. The Morgan fingerprint density at radius 2 is 1.19 bits per heavy atom. The van der Waals surface area contributed by atoms with Gasteiger partial charge < -0.3 is 0 Å². The van der Waals surface area contributed by atoms with Gasteiger partial charge in [-0.15, -0.1) is 0 Å². The fourth-order valence-corrected chi connectivity index (χ4v) is 7.43. The summed E-state index contributed by atoms with van der Waals surface area (Å²) in [5, 5.41) is 10.8. The van der Waals surface area contributed by atoms with Crippen molar-refractivity contribution < 1.29 is 0 Å². The fraction of sp³-hybridized carbons (Fsp3) is 0.0976. The van der Waals surface area contributed by atoms with Gasteiger partial charge in [0.25, 0.3) is 0 Å². The number of fused-ring (bicyclic) bond motifs is 12. The quantitative estimate of drug-likeness (QED) is 0.195. The first-order chi connectivity index (χ1) is 20.8. The molecule has 0 atom stereocenters. The summed E-state index contributed by atoms with van der Waals surface area (Å²) in [5.41, 5.74) is 10.3. The van der Waals surface area contributed by atoms with Crippen molar-refractivity contribution in [2.45, 2.75) is 25.7 Å². The highest BCUT2D eigenvalue weighted by atomic mass is 14.8. The smallest absolute Gasteiger partial charge is 0.0665 e. The van der Waals surface area contributed by atoms with Crippen LogP contribution in [0.15, 0.2) is 126 Å². The van der Waals surface area contributed by atoms with Gasteiger partial charge >= 0.3 is 0 Å². The Hall–Kier alpha value is -5.01. The summed E-state index contributed by atoms with van der Waals surface area (Å²) < 4.78 is 0. The molecule has 1 nitrogen and oxygen atoms in total. The molecule has 0 radical (unpaired) electrons. The molecule has 0 fully saturated rings. The van der Waals surface area contributed by atoms with Crippen LogP contribution in [0.3, 0.4) is 0 Å². The fourth-order valence-electron chi connectivity index (χ4n) is 7.43. The van der Waals surface area contributed by atoms with Gasteiger partial charge in [-0.25, -0.2) is 0 Å². The van der Waals surface area contributed by atoms with Crippen molar-refractivity contribution >= 4 is 60.6 Å². The topological polar surface area (TPSA) is 12.4 Å². The Balaban J connectivity index is 1.43. The van der Waals surface area contributed by atoms with Crippen molar-refractivity contribution in [1.29, 1.82) is 0 Å². The minimum absolute atomic E-state index is 0.966. The Kier molecular flexibility index (Phi) is 5.22. The van der Waals surface area contributed by atoms with Gasteiger partial charge in [0.1, 0.15) is 0 Å². The maximum absolute atomic E-state index is 5.15. The molecule has 0 N–H and O–H groups in total. The molecule has 0 saturated carbocycles. The van der Waals surface area contributed by atoms with E-state index in [-0.39, 0.29) is 0 Å². The number of aliphatic imine (C=N–C) groups is 1. The lowest BCUT2D eigenvalue weighted by Gasteiger charge is -2.22. The zero-order chi connectivity index (χ0) is 27.6. The first kappa shape index (κ1) is 23.7. The Bertz CT molecular complexity index is 2290. The molecule has 0 spiro atoms. The van der Waals surface area contributed by atoms with Gasteiger partial charge in [0.05, 0.1) is 5.69 Å². The van der Waals surface area contributed by atoms with Crippen LogP contribution in [0.5, 0.6) is 0 Å². The van der Waals surface area contributed by atoms with Gasteiger partial charge in [0.2, 0.25) is 0 Å². The second-order valence-corrected chi connectivity index (χ2v) is 11.7. The summed E-state index contributed by atoms with van der Waals surface area (Å²) in [6, 6.07) is 42.6. The third kappa shape index (κ3) is 3.53. The molecule has 2 aliphatic rings. The Morgan fingerprint density at radius 3 is 2.07 bits per heavy atom. The largest absolute Gasteiger partial charge is 0.253 e. The van der Waals surface area contributed by atoms with E-state index in [0.29, 0.717) is 0 Å². The predicted molar refractivity (Wildman–Crippen MR) is 180 cm³/mol. The lowest BCUT2D eigenvalue weighted by atomic mass is 9.81. The van der Waals surface area contributed by atoms with E-state index in [9.17, 15) is 0 Å². The van der Waals surface area contributed by atoms with E-state index in [2.05, 4.69) is 127 Å². The first-order valence-electron chi connectivity index (χ1n) is 15.1. The van der Waals surface area contributed by atoms with Gasteiger partial charge in [-0.2, -0.15) is 0 Å². The van der Waals surface area contributed by atoms with Crippen LogP contribution in [0.1, 0.15) is 35.1 Å². The van der Waals surface area contributed by atoms with Crippen LogP contribution in [0.2, 0.25) is 0 Å². The van der Waals surface area contributed by atoms with E-state index in [1.54, 1.807) is 0 Å². The summed E-state index contributed by atoms with van der Waals surface area (Å²) in [6.07, 6.45) is 8.92. The molecule has 0 unspecified atom stereocenters. The summed E-state index contributed by atoms with van der Waals surface area (Å²) >= 11 is 0. The maximum atomic E-state index is 5.15. The molecule has 1 heteroatoms. The van der Waals surface area contributed by atoms with Crippen LogP contribution in [0, 0.1) is 0 Å². The number of allylic oxidation sites excluding steroid dienone is 1. The van der Waals surface area contributed by atoms with Crippen LogP contribution < -0.4 is 0 Å². The molecule has 1 aliphatic carbocycles. The standard InChI is InChI=1S/C41H29N/c1-2-10-26(11-3-1)28-18-21-32-33-22-19-29(39-23-20-27-12-4-9-17-38(27)42-39)25-37(33)41-35-16-8-6-14-31(35)30-13-5-7-15-34(30)40(41)36(32)24-28/h1-4,6-12,14-19,21-22,24-25H,5,13,20,23H2. The number of aryl methyl sites for hydroxylation is 2. The van der Waals surface area contributed by atoms with E-state index in [0.717, 1.165) is 31.4 Å². The van der Waals surface area contributed by atoms with Crippen molar-refractivity contribution in [3.8, 4) is 11.1 Å². The number of para-hydroxylation sites is 1. The SMILES string of the molecule is C1=Cc2c(c3ccccc3c3c4cc(C5=Nc6ccccc6CC5)ccc4c4ccc(-c5ccccc5)cc4c23)CC1. The van der Waals surface area contributed by atoms with Crippen LogP contribution in [-0.4, -0.2) is 5.71 Å². The van der Waals surface area contributed by atoms with Crippen LogP contribution in [0.25, 0.3) is 60.3 Å². The molecule has 7 aromatic carbocycles. The van der Waals surface area contributed by atoms with Gasteiger partial charge in [-0.05, 0) is 120 Å². The van der Waals surface area contributed by atoms with Crippen LogP contribution >= 0.6 is 0 Å². The van der Waals surface area contributed by atoms with E-state index in [4.69, 9.17) is 4.99 Å². The van der Waals surface area contributed by atoms with Crippen LogP contribution in [0.4, 0.5) is 5.69 Å². The Labute approximate surface area is 245 Å². The van der Waals surface area contributed by atoms with E-state index < -0.39 is 0 Å².